The van der Waals surface area contributed by atoms with Crippen LogP contribution >= 0.6 is 23.2 Å². The van der Waals surface area contributed by atoms with E-state index in [2.05, 4.69) is 10.6 Å². The molecule has 6 nitrogen and oxygen atoms in total. The summed E-state index contributed by atoms with van der Waals surface area (Å²) in [6, 6.07) is 4.35. The number of amides is 2. The van der Waals surface area contributed by atoms with Crippen LogP contribution in [-0.2, 0) is 9.59 Å². The lowest BCUT2D eigenvalue weighted by Gasteiger charge is -2.06. The summed E-state index contributed by atoms with van der Waals surface area (Å²) < 4.78 is 0. The molecule has 0 heterocycles. The van der Waals surface area contributed by atoms with Gasteiger partial charge in [-0.1, -0.05) is 23.2 Å². The first kappa shape index (κ1) is 16.3. The molecule has 8 heteroatoms. The highest BCUT2D eigenvalue weighted by atomic mass is 35.5. The lowest BCUT2D eigenvalue weighted by atomic mass is 10.2. The summed E-state index contributed by atoms with van der Waals surface area (Å²) in [5, 5.41) is 13.7. The van der Waals surface area contributed by atoms with Crippen LogP contribution in [0.4, 0.5) is 0 Å². The van der Waals surface area contributed by atoms with Gasteiger partial charge in [0.15, 0.2) is 0 Å². The van der Waals surface area contributed by atoms with Crippen LogP contribution < -0.4 is 10.6 Å². The second-order valence-electron chi connectivity index (χ2n) is 3.81. The van der Waals surface area contributed by atoms with E-state index in [-0.39, 0.29) is 30.1 Å². The van der Waals surface area contributed by atoms with Gasteiger partial charge in [-0.25, -0.2) is 0 Å². The van der Waals surface area contributed by atoms with Gasteiger partial charge in [0.05, 0.1) is 23.0 Å². The first-order valence-corrected chi connectivity index (χ1v) is 6.37. The molecule has 0 fully saturated rings. The Kier molecular flexibility index (Phi) is 6.27. The number of rotatable bonds is 6. The van der Waals surface area contributed by atoms with E-state index in [1.165, 1.54) is 18.2 Å². The van der Waals surface area contributed by atoms with E-state index < -0.39 is 17.8 Å². The summed E-state index contributed by atoms with van der Waals surface area (Å²) in [5.74, 6) is -1.96. The molecular formula is C12H12Cl2N2O4. The van der Waals surface area contributed by atoms with Gasteiger partial charge in [-0.15, -0.1) is 0 Å². The second kappa shape index (κ2) is 7.72. The number of carboxylic acids is 1. The molecule has 2 amide bonds. The number of aliphatic carboxylic acids is 1. The van der Waals surface area contributed by atoms with Crippen molar-refractivity contribution in [2.75, 3.05) is 13.1 Å². The molecule has 0 aromatic heterocycles. The Labute approximate surface area is 125 Å². The zero-order valence-corrected chi connectivity index (χ0v) is 11.8. The SMILES string of the molecule is O=C(O)CCNC(=O)CNC(=O)c1ccc(Cl)c(Cl)c1. The maximum Gasteiger partial charge on any atom is 0.305 e. The maximum atomic E-state index is 11.7. The summed E-state index contributed by atoms with van der Waals surface area (Å²) in [7, 11) is 0. The van der Waals surface area contributed by atoms with E-state index in [9.17, 15) is 14.4 Å². The summed E-state index contributed by atoms with van der Waals surface area (Å²) in [4.78, 5) is 33.3. The molecule has 0 atom stereocenters. The number of hydrogen-bond donors (Lipinski definition) is 3. The predicted molar refractivity (Wildman–Crippen MR) is 74.1 cm³/mol. The summed E-state index contributed by atoms with van der Waals surface area (Å²) in [6.07, 6.45) is -0.174. The lowest BCUT2D eigenvalue weighted by molar-refractivity contribution is -0.136. The van der Waals surface area contributed by atoms with Crippen molar-refractivity contribution in [2.24, 2.45) is 0 Å². The van der Waals surface area contributed by atoms with E-state index in [1.54, 1.807) is 0 Å². The minimum Gasteiger partial charge on any atom is -0.481 e. The van der Waals surface area contributed by atoms with Crippen LogP contribution in [0.1, 0.15) is 16.8 Å². The number of benzene rings is 1. The topological polar surface area (TPSA) is 95.5 Å². The monoisotopic (exact) mass is 318 g/mol. The van der Waals surface area contributed by atoms with Gasteiger partial charge in [-0.2, -0.15) is 0 Å². The highest BCUT2D eigenvalue weighted by Crippen LogP contribution is 2.22. The van der Waals surface area contributed by atoms with E-state index >= 15 is 0 Å². The zero-order chi connectivity index (χ0) is 15.1. The van der Waals surface area contributed by atoms with Crippen LogP contribution in [0.15, 0.2) is 18.2 Å². The predicted octanol–water partition coefficient (Wildman–Crippen LogP) is 1.31. The Balaban J connectivity index is 2.41. The van der Waals surface area contributed by atoms with Crippen molar-refractivity contribution in [3.8, 4) is 0 Å². The molecule has 0 aliphatic carbocycles. The Morgan fingerprint density at radius 2 is 1.80 bits per heavy atom. The zero-order valence-electron chi connectivity index (χ0n) is 10.3. The van der Waals surface area contributed by atoms with Gasteiger partial charge in [0, 0.05) is 12.1 Å². The molecule has 108 valence electrons. The number of carbonyl (C=O) groups is 3. The quantitative estimate of drug-likeness (QED) is 0.737. The van der Waals surface area contributed by atoms with Crippen LogP contribution in [0.2, 0.25) is 10.0 Å². The van der Waals surface area contributed by atoms with Crippen molar-refractivity contribution in [3.63, 3.8) is 0 Å². The van der Waals surface area contributed by atoms with Crippen molar-refractivity contribution >= 4 is 41.0 Å². The second-order valence-corrected chi connectivity index (χ2v) is 4.62. The number of carboxylic acid groups (broad SMARTS) is 1. The summed E-state index contributed by atoms with van der Waals surface area (Å²) in [5.41, 5.74) is 0.276. The Morgan fingerprint density at radius 1 is 1.10 bits per heavy atom. The third-order valence-electron chi connectivity index (χ3n) is 2.25. The number of halogens is 2. The van der Waals surface area contributed by atoms with Crippen molar-refractivity contribution in [3.05, 3.63) is 33.8 Å². The van der Waals surface area contributed by atoms with Crippen molar-refractivity contribution in [2.45, 2.75) is 6.42 Å². The van der Waals surface area contributed by atoms with E-state index in [4.69, 9.17) is 28.3 Å². The average molecular weight is 319 g/mol. The molecule has 0 unspecified atom stereocenters. The highest BCUT2D eigenvalue weighted by molar-refractivity contribution is 6.42. The molecule has 1 aromatic rings. The van der Waals surface area contributed by atoms with Crippen LogP contribution in [-0.4, -0.2) is 36.0 Å². The van der Waals surface area contributed by atoms with Crippen molar-refractivity contribution in [1.29, 1.82) is 0 Å². The van der Waals surface area contributed by atoms with Crippen LogP contribution in [0.5, 0.6) is 0 Å². The molecule has 3 N–H and O–H groups in total. The normalized spacial score (nSPS) is 9.90. The van der Waals surface area contributed by atoms with E-state index in [0.29, 0.717) is 5.02 Å². The van der Waals surface area contributed by atoms with Gasteiger partial charge in [-0.3, -0.25) is 14.4 Å². The van der Waals surface area contributed by atoms with Crippen molar-refractivity contribution in [1.82, 2.24) is 10.6 Å². The molecule has 0 saturated carbocycles. The molecule has 0 aliphatic heterocycles. The third-order valence-corrected chi connectivity index (χ3v) is 2.99. The highest BCUT2D eigenvalue weighted by Gasteiger charge is 2.09. The standard InChI is InChI=1S/C12H12Cl2N2O4/c13-8-2-1-7(5-9(8)14)12(20)16-6-10(17)15-4-3-11(18)19/h1-2,5H,3-4,6H2,(H,15,17)(H,16,20)(H,18,19). The van der Waals surface area contributed by atoms with Crippen LogP contribution in [0, 0.1) is 0 Å². The molecule has 0 radical (unpaired) electrons. The molecule has 1 aromatic carbocycles. The van der Waals surface area contributed by atoms with Gasteiger partial charge >= 0.3 is 5.97 Å². The molecule has 0 spiro atoms. The summed E-state index contributed by atoms with van der Waals surface area (Å²) in [6.45, 7) is -0.241. The van der Waals surface area contributed by atoms with Gasteiger partial charge in [0.2, 0.25) is 5.91 Å². The fraction of sp³-hybridized carbons (Fsp3) is 0.250. The van der Waals surface area contributed by atoms with Gasteiger partial charge in [0.25, 0.3) is 5.91 Å². The number of hydrogen-bond acceptors (Lipinski definition) is 3. The number of nitrogens with one attached hydrogen (secondary N) is 2. The van der Waals surface area contributed by atoms with Crippen molar-refractivity contribution < 1.29 is 19.5 Å². The van der Waals surface area contributed by atoms with Crippen LogP contribution in [0.25, 0.3) is 0 Å². The minimum absolute atomic E-state index is 0.0107. The van der Waals surface area contributed by atoms with Gasteiger partial charge in [-0.05, 0) is 18.2 Å². The van der Waals surface area contributed by atoms with Gasteiger partial charge < -0.3 is 15.7 Å². The first-order valence-electron chi connectivity index (χ1n) is 5.62. The fourth-order valence-corrected chi connectivity index (χ4v) is 1.57. The maximum absolute atomic E-state index is 11.7. The van der Waals surface area contributed by atoms with E-state index in [0.717, 1.165) is 0 Å². The minimum atomic E-state index is -1.01. The molecular weight excluding hydrogens is 307 g/mol. The molecule has 0 aliphatic rings. The largest absolute Gasteiger partial charge is 0.481 e. The average Bonchev–Trinajstić information content (AvgIpc) is 2.38. The molecule has 0 bridgehead atoms. The Morgan fingerprint density at radius 3 is 2.40 bits per heavy atom. The van der Waals surface area contributed by atoms with Crippen LogP contribution in [0.3, 0.4) is 0 Å². The Hall–Kier alpha value is -1.79. The van der Waals surface area contributed by atoms with Gasteiger partial charge in [0.1, 0.15) is 0 Å². The Bertz CT molecular complexity index is 534. The molecule has 20 heavy (non-hydrogen) atoms. The van der Waals surface area contributed by atoms with E-state index in [1.807, 2.05) is 0 Å². The summed E-state index contributed by atoms with van der Waals surface area (Å²) >= 11 is 11.5. The third kappa shape index (κ3) is 5.46. The first-order chi connectivity index (χ1) is 9.40. The molecule has 1 rings (SSSR count). The number of carbonyl (C=O) groups excluding carboxylic acids is 2. The smallest absolute Gasteiger partial charge is 0.305 e. The lowest BCUT2D eigenvalue weighted by Crippen LogP contribution is -2.37. The molecule has 0 saturated heterocycles. The fourth-order valence-electron chi connectivity index (χ4n) is 1.27.